The van der Waals surface area contributed by atoms with E-state index in [0.29, 0.717) is 5.92 Å². The van der Waals surface area contributed by atoms with Crippen LogP contribution in [0.2, 0.25) is 0 Å². The summed E-state index contributed by atoms with van der Waals surface area (Å²) < 4.78 is 6.13. The molecule has 1 aliphatic heterocycles. The third kappa shape index (κ3) is 2.42. The molecule has 0 aromatic carbocycles. The number of rotatable bonds is 2. The summed E-state index contributed by atoms with van der Waals surface area (Å²) in [7, 11) is 0. The smallest absolute Gasteiger partial charge is 0.0680 e. The molecular weight excluding hydrogens is 230 g/mol. The van der Waals surface area contributed by atoms with E-state index in [1.54, 1.807) is 11.3 Å². The lowest BCUT2D eigenvalue weighted by atomic mass is 9.79. The molecule has 0 spiro atoms. The summed E-state index contributed by atoms with van der Waals surface area (Å²) in [6, 6.07) is 0.0815. The van der Waals surface area contributed by atoms with Crippen LogP contribution >= 0.6 is 11.3 Å². The Hall–Kier alpha value is -0.380. The fraction of sp³-hybridized carbons (Fsp3) is 0.714. The van der Waals surface area contributed by atoms with Gasteiger partial charge in [-0.2, -0.15) is 11.3 Å². The number of ether oxygens (including phenoxy) is 1. The maximum absolute atomic E-state index is 6.47. The highest BCUT2D eigenvalue weighted by Crippen LogP contribution is 2.47. The van der Waals surface area contributed by atoms with Gasteiger partial charge in [-0.3, -0.25) is 0 Å². The Bertz CT molecular complexity index is 408. The van der Waals surface area contributed by atoms with Crippen molar-refractivity contribution >= 4 is 11.3 Å². The second kappa shape index (κ2) is 4.08. The maximum atomic E-state index is 6.47. The van der Waals surface area contributed by atoms with E-state index >= 15 is 0 Å². The summed E-state index contributed by atoms with van der Waals surface area (Å²) in [6.45, 7) is 10.8. The standard InChI is InChI=1S/C14H23NOS/c1-9-7-17-8-10(9)12(15)11-6-13(2,3)16-14(11,4)5/h7-8,11-12H,6,15H2,1-5H3. The van der Waals surface area contributed by atoms with Gasteiger partial charge in [0.05, 0.1) is 11.2 Å². The molecule has 1 aliphatic rings. The first-order valence-corrected chi connectivity index (χ1v) is 7.16. The Labute approximate surface area is 108 Å². The van der Waals surface area contributed by atoms with Crippen molar-refractivity contribution in [2.45, 2.75) is 58.3 Å². The van der Waals surface area contributed by atoms with Gasteiger partial charge < -0.3 is 10.5 Å². The van der Waals surface area contributed by atoms with Crippen LogP contribution in [-0.2, 0) is 4.74 Å². The van der Waals surface area contributed by atoms with Crippen molar-refractivity contribution < 1.29 is 4.74 Å². The number of thiophene rings is 1. The van der Waals surface area contributed by atoms with Gasteiger partial charge in [-0.05, 0) is 62.9 Å². The number of aryl methyl sites for hydroxylation is 1. The first-order valence-electron chi connectivity index (χ1n) is 6.21. The lowest BCUT2D eigenvalue weighted by Crippen LogP contribution is -2.35. The third-order valence-electron chi connectivity index (χ3n) is 3.83. The van der Waals surface area contributed by atoms with Gasteiger partial charge in [-0.25, -0.2) is 0 Å². The molecule has 1 aromatic rings. The SMILES string of the molecule is Cc1cscc1C(N)C1CC(C)(C)OC1(C)C. The van der Waals surface area contributed by atoms with Gasteiger partial charge in [0.15, 0.2) is 0 Å². The summed E-state index contributed by atoms with van der Waals surface area (Å²) in [5.74, 6) is 0.380. The van der Waals surface area contributed by atoms with Gasteiger partial charge in [0.2, 0.25) is 0 Å². The molecule has 1 aromatic heterocycles. The molecule has 1 fully saturated rings. The minimum absolute atomic E-state index is 0.0598. The van der Waals surface area contributed by atoms with Crippen LogP contribution < -0.4 is 5.73 Å². The van der Waals surface area contributed by atoms with Crippen LogP contribution in [-0.4, -0.2) is 11.2 Å². The average molecular weight is 253 g/mol. The molecule has 0 saturated carbocycles. The summed E-state index contributed by atoms with van der Waals surface area (Å²) in [4.78, 5) is 0. The highest BCUT2D eigenvalue weighted by atomic mass is 32.1. The minimum Gasteiger partial charge on any atom is -0.369 e. The van der Waals surface area contributed by atoms with Gasteiger partial charge in [-0.15, -0.1) is 0 Å². The van der Waals surface area contributed by atoms with Crippen molar-refractivity contribution in [3.63, 3.8) is 0 Å². The normalized spacial score (nSPS) is 28.2. The number of hydrogen-bond donors (Lipinski definition) is 1. The second-order valence-corrected chi connectivity index (χ2v) is 7.06. The van der Waals surface area contributed by atoms with E-state index in [1.807, 2.05) is 0 Å². The fourth-order valence-corrected chi connectivity index (χ4v) is 3.99. The molecule has 2 N–H and O–H groups in total. The largest absolute Gasteiger partial charge is 0.369 e. The van der Waals surface area contributed by atoms with E-state index in [-0.39, 0.29) is 17.2 Å². The zero-order valence-corrected chi connectivity index (χ0v) is 12.2. The highest BCUT2D eigenvalue weighted by molar-refractivity contribution is 7.08. The van der Waals surface area contributed by atoms with E-state index < -0.39 is 0 Å². The van der Waals surface area contributed by atoms with Crippen LogP contribution in [0.25, 0.3) is 0 Å². The molecule has 2 atom stereocenters. The minimum atomic E-state index is -0.142. The van der Waals surface area contributed by atoms with Crippen LogP contribution in [0, 0.1) is 12.8 Å². The molecule has 96 valence electrons. The molecule has 2 rings (SSSR count). The topological polar surface area (TPSA) is 35.2 Å². The second-order valence-electron chi connectivity index (χ2n) is 6.31. The number of hydrogen-bond acceptors (Lipinski definition) is 3. The number of nitrogens with two attached hydrogens (primary N) is 1. The molecule has 0 radical (unpaired) electrons. The van der Waals surface area contributed by atoms with Crippen LogP contribution in [0.1, 0.15) is 51.3 Å². The average Bonchev–Trinajstić information content (AvgIpc) is 2.66. The molecule has 2 nitrogen and oxygen atoms in total. The van der Waals surface area contributed by atoms with E-state index in [4.69, 9.17) is 10.5 Å². The van der Waals surface area contributed by atoms with Gasteiger partial charge >= 0.3 is 0 Å². The van der Waals surface area contributed by atoms with E-state index in [1.165, 1.54) is 11.1 Å². The molecule has 3 heteroatoms. The molecule has 1 saturated heterocycles. The van der Waals surface area contributed by atoms with Gasteiger partial charge in [0.25, 0.3) is 0 Å². The van der Waals surface area contributed by atoms with Crippen molar-refractivity contribution in [3.8, 4) is 0 Å². The molecule has 17 heavy (non-hydrogen) atoms. The van der Waals surface area contributed by atoms with Crippen molar-refractivity contribution in [3.05, 3.63) is 21.9 Å². The summed E-state index contributed by atoms with van der Waals surface area (Å²) in [5, 5.41) is 4.35. The van der Waals surface area contributed by atoms with Crippen LogP contribution in [0.4, 0.5) is 0 Å². The van der Waals surface area contributed by atoms with Crippen molar-refractivity contribution in [2.75, 3.05) is 0 Å². The van der Waals surface area contributed by atoms with E-state index in [9.17, 15) is 0 Å². The van der Waals surface area contributed by atoms with Crippen LogP contribution in [0.5, 0.6) is 0 Å². The van der Waals surface area contributed by atoms with Gasteiger partial charge in [0.1, 0.15) is 0 Å². The first-order chi connectivity index (χ1) is 7.73. The Morgan fingerprint density at radius 3 is 2.41 bits per heavy atom. The molecule has 0 aliphatic carbocycles. The van der Waals surface area contributed by atoms with Crippen molar-refractivity contribution in [1.29, 1.82) is 0 Å². The lowest BCUT2D eigenvalue weighted by Gasteiger charge is -2.31. The molecular formula is C14H23NOS. The van der Waals surface area contributed by atoms with E-state index in [0.717, 1.165) is 6.42 Å². The predicted molar refractivity (Wildman–Crippen MR) is 73.3 cm³/mol. The van der Waals surface area contributed by atoms with Gasteiger partial charge in [0, 0.05) is 12.0 Å². The molecule has 2 heterocycles. The zero-order valence-electron chi connectivity index (χ0n) is 11.4. The van der Waals surface area contributed by atoms with Gasteiger partial charge in [-0.1, -0.05) is 0 Å². The summed E-state index contributed by atoms with van der Waals surface area (Å²) in [6.07, 6.45) is 1.02. The van der Waals surface area contributed by atoms with Crippen molar-refractivity contribution in [1.82, 2.24) is 0 Å². The van der Waals surface area contributed by atoms with Crippen LogP contribution in [0.3, 0.4) is 0 Å². The summed E-state index contributed by atoms with van der Waals surface area (Å²) >= 11 is 1.73. The Kier molecular flexibility index (Phi) is 3.13. The fourth-order valence-electron chi connectivity index (χ4n) is 3.09. The van der Waals surface area contributed by atoms with E-state index in [2.05, 4.69) is 45.4 Å². The maximum Gasteiger partial charge on any atom is 0.0680 e. The molecule has 2 unspecified atom stereocenters. The predicted octanol–water partition coefficient (Wildman–Crippen LogP) is 3.65. The monoisotopic (exact) mass is 253 g/mol. The first kappa shape index (κ1) is 13.1. The van der Waals surface area contributed by atoms with Crippen molar-refractivity contribution in [2.24, 2.45) is 11.7 Å². The highest BCUT2D eigenvalue weighted by Gasteiger charge is 2.48. The Morgan fingerprint density at radius 2 is 2.00 bits per heavy atom. The van der Waals surface area contributed by atoms with Crippen LogP contribution in [0.15, 0.2) is 10.8 Å². The quantitative estimate of drug-likeness (QED) is 0.873. The lowest BCUT2D eigenvalue weighted by molar-refractivity contribution is -0.0767. The molecule has 0 bridgehead atoms. The molecule has 0 amide bonds. The zero-order chi connectivity index (χ0) is 12.8. The summed E-state index contributed by atoms with van der Waals surface area (Å²) in [5.41, 5.74) is 8.86. The Balaban J connectivity index is 2.26. The third-order valence-corrected chi connectivity index (χ3v) is 4.71. The Morgan fingerprint density at radius 1 is 1.35 bits per heavy atom.